The smallest absolute Gasteiger partial charge is 0.227 e. The number of nitrogens with zero attached hydrogens (tertiary/aromatic N) is 1. The van der Waals surface area contributed by atoms with E-state index in [-0.39, 0.29) is 23.7 Å². The molecule has 4 heteroatoms. The van der Waals surface area contributed by atoms with E-state index in [9.17, 15) is 9.59 Å². The van der Waals surface area contributed by atoms with Crippen LogP contribution in [0.1, 0.15) is 24.4 Å². The second-order valence-electron chi connectivity index (χ2n) is 6.57. The van der Waals surface area contributed by atoms with Crippen molar-refractivity contribution in [2.45, 2.75) is 18.9 Å². The Hall–Kier alpha value is -1.68. The number of hydrogen-bond donors (Lipinski definition) is 1. The van der Waals surface area contributed by atoms with Gasteiger partial charge in [0.25, 0.3) is 0 Å². The van der Waals surface area contributed by atoms with E-state index in [0.717, 1.165) is 19.6 Å². The van der Waals surface area contributed by atoms with E-state index in [1.807, 2.05) is 18.2 Å². The monoisotopic (exact) mass is 284 g/mol. The molecule has 1 aromatic carbocycles. The molecule has 3 atom stereocenters. The highest BCUT2D eigenvalue weighted by molar-refractivity contribution is 5.96. The van der Waals surface area contributed by atoms with E-state index in [1.54, 1.807) is 0 Å². The first-order valence-electron chi connectivity index (χ1n) is 7.82. The van der Waals surface area contributed by atoms with Gasteiger partial charge in [0.1, 0.15) is 5.78 Å². The molecular formula is C17H20N2O2. The molecule has 1 aliphatic carbocycles. The van der Waals surface area contributed by atoms with Crippen LogP contribution in [0.15, 0.2) is 30.3 Å². The number of nitrogens with one attached hydrogen (secondary N) is 1. The van der Waals surface area contributed by atoms with Crippen molar-refractivity contribution in [2.24, 2.45) is 17.8 Å². The van der Waals surface area contributed by atoms with Gasteiger partial charge >= 0.3 is 0 Å². The number of benzene rings is 1. The minimum Gasteiger partial charge on any atom is -0.335 e. The third-order valence-corrected chi connectivity index (χ3v) is 5.29. The predicted molar refractivity (Wildman–Crippen MR) is 78.5 cm³/mol. The van der Waals surface area contributed by atoms with E-state index < -0.39 is 0 Å². The largest absolute Gasteiger partial charge is 0.335 e. The van der Waals surface area contributed by atoms with Crippen LogP contribution in [-0.2, 0) is 9.59 Å². The van der Waals surface area contributed by atoms with Gasteiger partial charge in [0, 0.05) is 38.4 Å². The summed E-state index contributed by atoms with van der Waals surface area (Å²) in [6.45, 7) is 2.82. The zero-order valence-electron chi connectivity index (χ0n) is 12.0. The van der Waals surface area contributed by atoms with Crippen LogP contribution in [0.25, 0.3) is 0 Å². The lowest BCUT2D eigenvalue weighted by Crippen LogP contribution is -2.43. The molecule has 110 valence electrons. The van der Waals surface area contributed by atoms with E-state index in [4.69, 9.17) is 0 Å². The summed E-state index contributed by atoms with van der Waals surface area (Å²) in [5.41, 5.74) is 1.23. The Morgan fingerprint density at radius 2 is 1.90 bits per heavy atom. The molecule has 1 saturated carbocycles. The van der Waals surface area contributed by atoms with Crippen molar-refractivity contribution in [1.29, 1.82) is 0 Å². The fraction of sp³-hybridized carbons (Fsp3) is 0.529. The number of amides is 1. The van der Waals surface area contributed by atoms with Gasteiger partial charge in [-0.15, -0.1) is 0 Å². The summed E-state index contributed by atoms with van der Waals surface area (Å²) < 4.78 is 0. The number of hydrogen-bond acceptors (Lipinski definition) is 3. The highest BCUT2D eigenvalue weighted by atomic mass is 16.2. The molecule has 1 aromatic rings. The first-order chi connectivity index (χ1) is 10.2. The van der Waals surface area contributed by atoms with Crippen LogP contribution in [0.4, 0.5) is 0 Å². The topological polar surface area (TPSA) is 49.4 Å². The number of carbonyl (C=O) groups excluding carboxylic acids is 2. The maximum absolute atomic E-state index is 12.7. The van der Waals surface area contributed by atoms with Crippen LogP contribution < -0.4 is 5.32 Å². The molecule has 2 heterocycles. The SMILES string of the molecule is O=C1CC(C(=O)N2C[C@@H]3CNC[C@@H]3[C@H]2c2ccccc2)C1. The van der Waals surface area contributed by atoms with Crippen LogP contribution in [0.5, 0.6) is 0 Å². The average Bonchev–Trinajstić information content (AvgIpc) is 3.04. The lowest BCUT2D eigenvalue weighted by Gasteiger charge is -2.34. The fourth-order valence-electron chi connectivity index (χ4n) is 4.12. The number of ketones is 1. The van der Waals surface area contributed by atoms with E-state index in [0.29, 0.717) is 24.7 Å². The summed E-state index contributed by atoms with van der Waals surface area (Å²) in [5, 5.41) is 3.46. The van der Waals surface area contributed by atoms with Crippen molar-refractivity contribution < 1.29 is 9.59 Å². The Morgan fingerprint density at radius 1 is 1.14 bits per heavy atom. The Morgan fingerprint density at radius 3 is 2.62 bits per heavy atom. The summed E-state index contributed by atoms with van der Waals surface area (Å²) in [5.74, 6) is 1.42. The van der Waals surface area contributed by atoms with Crippen LogP contribution in [0, 0.1) is 17.8 Å². The summed E-state index contributed by atoms with van der Waals surface area (Å²) in [6, 6.07) is 10.5. The number of rotatable bonds is 2. The Bertz CT molecular complexity index is 563. The van der Waals surface area contributed by atoms with Crippen molar-refractivity contribution in [3.63, 3.8) is 0 Å². The Balaban J connectivity index is 1.62. The minimum atomic E-state index is -0.0597. The quantitative estimate of drug-likeness (QED) is 0.892. The molecule has 0 spiro atoms. The van der Waals surface area contributed by atoms with Gasteiger partial charge in [-0.2, -0.15) is 0 Å². The second kappa shape index (κ2) is 4.95. The molecule has 3 fully saturated rings. The maximum Gasteiger partial charge on any atom is 0.227 e. The molecule has 2 aliphatic heterocycles. The molecule has 1 amide bonds. The van der Waals surface area contributed by atoms with E-state index >= 15 is 0 Å². The van der Waals surface area contributed by atoms with Crippen molar-refractivity contribution >= 4 is 11.7 Å². The van der Waals surface area contributed by atoms with Crippen molar-refractivity contribution in [1.82, 2.24) is 10.2 Å². The van der Waals surface area contributed by atoms with Gasteiger partial charge in [-0.05, 0) is 11.5 Å². The summed E-state index contributed by atoms with van der Waals surface area (Å²) in [7, 11) is 0. The van der Waals surface area contributed by atoms with E-state index in [1.165, 1.54) is 5.56 Å². The number of fused-ring (bicyclic) bond motifs is 1. The highest BCUT2D eigenvalue weighted by Gasteiger charge is 2.49. The second-order valence-corrected chi connectivity index (χ2v) is 6.57. The Kier molecular flexibility index (Phi) is 3.07. The molecule has 2 saturated heterocycles. The van der Waals surface area contributed by atoms with Gasteiger partial charge in [0.15, 0.2) is 0 Å². The first kappa shape index (κ1) is 13.0. The molecule has 0 aromatic heterocycles. The summed E-state index contributed by atoms with van der Waals surface area (Å²) >= 11 is 0. The van der Waals surface area contributed by atoms with Crippen molar-refractivity contribution in [2.75, 3.05) is 19.6 Å². The predicted octanol–water partition coefficient (Wildman–Crippen LogP) is 1.38. The highest BCUT2D eigenvalue weighted by Crippen LogP contribution is 2.44. The molecule has 0 unspecified atom stereocenters. The molecule has 3 aliphatic rings. The van der Waals surface area contributed by atoms with Gasteiger partial charge < -0.3 is 10.2 Å². The third-order valence-electron chi connectivity index (χ3n) is 5.29. The van der Waals surface area contributed by atoms with Crippen LogP contribution in [0.3, 0.4) is 0 Å². The third kappa shape index (κ3) is 2.09. The molecule has 4 nitrogen and oxygen atoms in total. The molecular weight excluding hydrogens is 264 g/mol. The number of Topliss-reactive ketones (excluding diaryl/α,β-unsaturated/α-hetero) is 1. The van der Waals surface area contributed by atoms with Gasteiger partial charge in [-0.3, -0.25) is 9.59 Å². The molecule has 21 heavy (non-hydrogen) atoms. The van der Waals surface area contributed by atoms with Crippen molar-refractivity contribution in [3.8, 4) is 0 Å². The first-order valence-corrected chi connectivity index (χ1v) is 7.82. The zero-order valence-corrected chi connectivity index (χ0v) is 12.0. The van der Waals surface area contributed by atoms with Gasteiger partial charge in [0.2, 0.25) is 5.91 Å². The average molecular weight is 284 g/mol. The molecule has 0 radical (unpaired) electrons. The molecule has 4 rings (SSSR count). The standard InChI is InChI=1S/C17H20N2O2/c20-14-6-12(7-14)17(21)19-10-13-8-18-9-15(13)16(19)11-4-2-1-3-5-11/h1-5,12-13,15-16,18H,6-10H2/t13-,15-,16+/m0/s1. The molecule has 1 N–H and O–H groups in total. The normalized spacial score (nSPS) is 32.1. The summed E-state index contributed by atoms with van der Waals surface area (Å²) in [4.78, 5) is 26.0. The van der Waals surface area contributed by atoms with Gasteiger partial charge in [-0.25, -0.2) is 0 Å². The number of likely N-dealkylation sites (tertiary alicyclic amines) is 1. The van der Waals surface area contributed by atoms with Crippen LogP contribution in [-0.4, -0.2) is 36.2 Å². The zero-order chi connectivity index (χ0) is 14.4. The lowest BCUT2D eigenvalue weighted by atomic mass is 9.82. The fourth-order valence-corrected chi connectivity index (χ4v) is 4.12. The van der Waals surface area contributed by atoms with Gasteiger partial charge in [-0.1, -0.05) is 30.3 Å². The van der Waals surface area contributed by atoms with E-state index in [2.05, 4.69) is 22.3 Å². The number of carbonyl (C=O) groups is 2. The van der Waals surface area contributed by atoms with Crippen LogP contribution in [0.2, 0.25) is 0 Å². The lowest BCUT2D eigenvalue weighted by molar-refractivity contribution is -0.146. The van der Waals surface area contributed by atoms with Gasteiger partial charge in [0.05, 0.1) is 12.0 Å². The Labute approximate surface area is 124 Å². The minimum absolute atomic E-state index is 0.0597. The summed E-state index contributed by atoms with van der Waals surface area (Å²) in [6.07, 6.45) is 0.898. The van der Waals surface area contributed by atoms with Crippen LogP contribution >= 0.6 is 0 Å². The molecule has 0 bridgehead atoms. The maximum atomic E-state index is 12.7. The van der Waals surface area contributed by atoms with Crippen molar-refractivity contribution in [3.05, 3.63) is 35.9 Å².